The second kappa shape index (κ2) is 5.25. The third-order valence-corrected chi connectivity index (χ3v) is 4.79. The molecule has 0 unspecified atom stereocenters. The number of nitrogens with zero attached hydrogens (tertiary/aromatic N) is 1. The van der Waals surface area contributed by atoms with E-state index in [0.29, 0.717) is 19.4 Å². The van der Waals surface area contributed by atoms with E-state index < -0.39 is 15.3 Å². The first-order chi connectivity index (χ1) is 9.37. The predicted octanol–water partition coefficient (Wildman–Crippen LogP) is 1.40. The molecule has 6 heteroatoms. The van der Waals surface area contributed by atoms with Crippen molar-refractivity contribution in [3.8, 4) is 6.07 Å². The van der Waals surface area contributed by atoms with Crippen molar-refractivity contribution in [1.82, 2.24) is 5.32 Å². The molecule has 106 valence electrons. The smallest absolute Gasteiger partial charge is 0.240 e. The molecule has 1 aromatic carbocycles. The number of nitriles is 1. The minimum atomic E-state index is -3.20. The fraction of sp³-hybridized carbons (Fsp3) is 0.429. The van der Waals surface area contributed by atoms with Crippen molar-refractivity contribution in [1.29, 1.82) is 5.26 Å². The maximum Gasteiger partial charge on any atom is 0.240 e. The summed E-state index contributed by atoms with van der Waals surface area (Å²) in [7, 11) is -3.20. The minimum absolute atomic E-state index is 0.238. The van der Waals surface area contributed by atoms with E-state index >= 15 is 0 Å². The molecule has 0 atom stereocenters. The molecule has 1 N–H and O–H groups in total. The van der Waals surface area contributed by atoms with Gasteiger partial charge in [-0.2, -0.15) is 5.26 Å². The van der Waals surface area contributed by atoms with Gasteiger partial charge in [-0.1, -0.05) is 12.1 Å². The highest BCUT2D eigenvalue weighted by Gasteiger charge is 2.44. The van der Waals surface area contributed by atoms with E-state index in [-0.39, 0.29) is 10.8 Å². The van der Waals surface area contributed by atoms with Gasteiger partial charge in [0, 0.05) is 12.8 Å². The summed E-state index contributed by atoms with van der Waals surface area (Å²) in [5, 5.41) is 11.8. The zero-order valence-corrected chi connectivity index (χ0v) is 12.0. The Labute approximate surface area is 118 Å². The number of rotatable bonds is 4. The van der Waals surface area contributed by atoms with Crippen molar-refractivity contribution in [2.45, 2.75) is 30.7 Å². The highest BCUT2D eigenvalue weighted by atomic mass is 32.2. The molecule has 2 rings (SSSR count). The van der Waals surface area contributed by atoms with Crippen LogP contribution in [0.15, 0.2) is 29.2 Å². The van der Waals surface area contributed by atoms with Crippen molar-refractivity contribution in [3.05, 3.63) is 29.8 Å². The second-order valence-electron chi connectivity index (χ2n) is 5.15. The van der Waals surface area contributed by atoms with E-state index in [4.69, 9.17) is 5.26 Å². The Hall–Kier alpha value is -1.87. The number of carbonyl (C=O) groups excluding carboxylic acids is 1. The largest absolute Gasteiger partial charge is 0.351 e. The van der Waals surface area contributed by atoms with Gasteiger partial charge in [-0.15, -0.1) is 0 Å². The number of benzene rings is 1. The summed E-state index contributed by atoms with van der Waals surface area (Å²) in [5.41, 5.74) is -0.0506. The molecule has 0 radical (unpaired) electrons. The zero-order valence-electron chi connectivity index (χ0n) is 11.2. The molecule has 0 spiro atoms. The van der Waals surface area contributed by atoms with Gasteiger partial charge in [-0.3, -0.25) is 4.79 Å². The molecule has 1 saturated carbocycles. The highest BCUT2D eigenvalue weighted by Crippen LogP contribution is 2.40. The molecule has 0 aliphatic heterocycles. The molecule has 0 heterocycles. The van der Waals surface area contributed by atoms with E-state index in [2.05, 4.69) is 11.4 Å². The van der Waals surface area contributed by atoms with E-state index in [1.807, 2.05) is 0 Å². The van der Waals surface area contributed by atoms with Gasteiger partial charge in [0.25, 0.3) is 0 Å². The molecule has 0 bridgehead atoms. The Morgan fingerprint density at radius 2 is 1.95 bits per heavy atom. The van der Waals surface area contributed by atoms with Crippen LogP contribution in [0.3, 0.4) is 0 Å². The molecule has 1 aliphatic rings. The first kappa shape index (κ1) is 14.5. The van der Waals surface area contributed by atoms with Gasteiger partial charge in [0.15, 0.2) is 9.84 Å². The molecule has 1 amide bonds. The molecule has 5 nitrogen and oxygen atoms in total. The lowest BCUT2D eigenvalue weighted by Crippen LogP contribution is -2.44. The molecular weight excluding hydrogens is 276 g/mol. The molecule has 0 aromatic heterocycles. The van der Waals surface area contributed by atoms with E-state index in [0.717, 1.165) is 18.2 Å². The SMILES string of the molecule is CS(=O)(=O)c1ccc(CNC(=O)C2(C#N)CCC2)cc1. The summed E-state index contributed by atoms with van der Waals surface area (Å²) in [5.74, 6) is -0.238. The van der Waals surface area contributed by atoms with Gasteiger partial charge in [-0.05, 0) is 37.0 Å². The van der Waals surface area contributed by atoms with Crippen molar-refractivity contribution in [2.75, 3.05) is 6.26 Å². The normalized spacial score (nSPS) is 16.8. The average Bonchev–Trinajstić information content (AvgIpc) is 2.35. The summed E-state index contributed by atoms with van der Waals surface area (Å²) in [4.78, 5) is 12.2. The monoisotopic (exact) mass is 292 g/mol. The minimum Gasteiger partial charge on any atom is -0.351 e. The highest BCUT2D eigenvalue weighted by molar-refractivity contribution is 7.90. The lowest BCUT2D eigenvalue weighted by atomic mass is 9.69. The van der Waals surface area contributed by atoms with Gasteiger partial charge in [0.1, 0.15) is 5.41 Å². The maximum absolute atomic E-state index is 11.9. The topological polar surface area (TPSA) is 87.0 Å². The number of hydrogen-bond donors (Lipinski definition) is 1. The Bertz CT molecular complexity index is 653. The Morgan fingerprint density at radius 3 is 2.35 bits per heavy atom. The van der Waals surface area contributed by atoms with Gasteiger partial charge >= 0.3 is 0 Å². The zero-order chi connectivity index (χ0) is 14.8. The van der Waals surface area contributed by atoms with Crippen LogP contribution in [-0.4, -0.2) is 20.6 Å². The number of amides is 1. The Morgan fingerprint density at radius 1 is 1.35 bits per heavy atom. The van der Waals surface area contributed by atoms with Crippen LogP contribution in [0.25, 0.3) is 0 Å². The van der Waals surface area contributed by atoms with Crippen LogP contribution in [0.2, 0.25) is 0 Å². The molecule has 1 fully saturated rings. The lowest BCUT2D eigenvalue weighted by molar-refractivity contribution is -0.131. The van der Waals surface area contributed by atoms with E-state index in [1.165, 1.54) is 12.1 Å². The standard InChI is InChI=1S/C14H16N2O3S/c1-20(18,19)12-5-3-11(4-6-12)9-16-13(17)14(10-15)7-2-8-14/h3-6H,2,7-9H2,1H3,(H,16,17). The van der Waals surface area contributed by atoms with Gasteiger partial charge in [-0.25, -0.2) is 8.42 Å². The molecular formula is C14H16N2O3S. The van der Waals surface area contributed by atoms with Gasteiger partial charge in [0.05, 0.1) is 11.0 Å². The summed E-state index contributed by atoms with van der Waals surface area (Å²) < 4.78 is 22.6. The number of carbonyl (C=O) groups is 1. The summed E-state index contributed by atoms with van der Waals surface area (Å²) >= 11 is 0. The summed E-state index contributed by atoms with van der Waals surface area (Å²) in [6.07, 6.45) is 3.28. The van der Waals surface area contributed by atoms with Crippen molar-refractivity contribution < 1.29 is 13.2 Å². The van der Waals surface area contributed by atoms with Crippen LogP contribution in [0.5, 0.6) is 0 Å². The summed E-state index contributed by atoms with van der Waals surface area (Å²) in [6, 6.07) is 8.44. The van der Waals surface area contributed by atoms with Crippen molar-refractivity contribution in [3.63, 3.8) is 0 Å². The van der Waals surface area contributed by atoms with Gasteiger partial charge in [0.2, 0.25) is 5.91 Å². The lowest BCUT2D eigenvalue weighted by Gasteiger charge is -2.33. The van der Waals surface area contributed by atoms with Crippen molar-refractivity contribution in [2.24, 2.45) is 5.41 Å². The maximum atomic E-state index is 11.9. The predicted molar refractivity (Wildman–Crippen MR) is 73.3 cm³/mol. The van der Waals surface area contributed by atoms with Crippen LogP contribution in [-0.2, 0) is 21.2 Å². The van der Waals surface area contributed by atoms with Crippen LogP contribution >= 0.6 is 0 Å². The van der Waals surface area contributed by atoms with Crippen molar-refractivity contribution >= 4 is 15.7 Å². The quantitative estimate of drug-likeness (QED) is 0.908. The summed E-state index contributed by atoms with van der Waals surface area (Å²) in [6.45, 7) is 0.298. The number of nitrogens with one attached hydrogen (secondary N) is 1. The number of hydrogen-bond acceptors (Lipinski definition) is 4. The molecule has 1 aromatic rings. The first-order valence-electron chi connectivity index (χ1n) is 6.36. The molecule has 1 aliphatic carbocycles. The molecule has 0 saturated heterocycles. The van der Waals surface area contributed by atoms with Gasteiger partial charge < -0.3 is 5.32 Å². The average molecular weight is 292 g/mol. The van der Waals surface area contributed by atoms with Crippen LogP contribution in [0.4, 0.5) is 0 Å². The number of sulfone groups is 1. The van der Waals surface area contributed by atoms with Crippen LogP contribution in [0.1, 0.15) is 24.8 Å². The fourth-order valence-electron chi connectivity index (χ4n) is 2.13. The van der Waals surface area contributed by atoms with E-state index in [1.54, 1.807) is 12.1 Å². The van der Waals surface area contributed by atoms with Crippen LogP contribution in [0, 0.1) is 16.7 Å². The van der Waals surface area contributed by atoms with E-state index in [9.17, 15) is 13.2 Å². The second-order valence-corrected chi connectivity index (χ2v) is 7.16. The Kier molecular flexibility index (Phi) is 3.82. The van der Waals surface area contributed by atoms with Crippen LogP contribution < -0.4 is 5.32 Å². The fourth-order valence-corrected chi connectivity index (χ4v) is 2.76. The molecule has 20 heavy (non-hydrogen) atoms. The first-order valence-corrected chi connectivity index (χ1v) is 8.25. The third-order valence-electron chi connectivity index (χ3n) is 3.66. The third kappa shape index (κ3) is 2.83. The Balaban J connectivity index is 1.98.